The van der Waals surface area contributed by atoms with Crippen molar-refractivity contribution in [1.29, 1.82) is 0 Å². The minimum absolute atomic E-state index is 0.0740. The third-order valence-electron chi connectivity index (χ3n) is 1.37. The van der Waals surface area contributed by atoms with Crippen molar-refractivity contribution < 1.29 is 17.9 Å². The Morgan fingerprint density at radius 3 is 2.23 bits per heavy atom. The van der Waals surface area contributed by atoms with E-state index in [-0.39, 0.29) is 5.75 Å². The molecule has 0 spiro atoms. The van der Waals surface area contributed by atoms with Crippen LogP contribution in [0.1, 0.15) is 6.42 Å². The molecule has 0 unspecified atom stereocenters. The zero-order chi connectivity index (χ0) is 9.90. The molecular formula is C9H8F3O. The van der Waals surface area contributed by atoms with E-state index < -0.39 is 18.3 Å². The van der Waals surface area contributed by atoms with Crippen molar-refractivity contribution >= 4 is 0 Å². The highest BCUT2D eigenvalue weighted by Crippen LogP contribution is 2.23. The molecule has 0 bridgehead atoms. The second-order valence-corrected chi connectivity index (χ2v) is 2.44. The van der Waals surface area contributed by atoms with Crippen LogP contribution < -0.4 is 4.74 Å². The van der Waals surface area contributed by atoms with Crippen molar-refractivity contribution in [2.75, 3.05) is 0 Å². The summed E-state index contributed by atoms with van der Waals surface area (Å²) in [6.07, 6.45) is -3.96. The summed E-state index contributed by atoms with van der Waals surface area (Å²) in [5.41, 5.74) is 0. The highest BCUT2D eigenvalue weighted by atomic mass is 19.3. The molecule has 1 aromatic rings. The number of hydrogen-bond acceptors (Lipinski definition) is 1. The molecule has 71 valence electrons. The van der Waals surface area contributed by atoms with Gasteiger partial charge in [-0.15, -0.1) is 0 Å². The van der Waals surface area contributed by atoms with Crippen LogP contribution in [-0.4, -0.2) is 6.11 Å². The van der Waals surface area contributed by atoms with Crippen molar-refractivity contribution in [2.45, 2.75) is 12.5 Å². The Balaban J connectivity index is 2.69. The highest BCUT2D eigenvalue weighted by molar-refractivity contribution is 5.22. The Kier molecular flexibility index (Phi) is 2.80. The van der Waals surface area contributed by atoms with Gasteiger partial charge < -0.3 is 4.74 Å². The summed E-state index contributed by atoms with van der Waals surface area (Å²) < 4.78 is 41.7. The molecule has 0 aromatic heterocycles. The van der Waals surface area contributed by atoms with E-state index in [9.17, 15) is 13.2 Å². The van der Waals surface area contributed by atoms with Gasteiger partial charge in [-0.05, 0) is 31.2 Å². The first-order chi connectivity index (χ1) is 6.03. The van der Waals surface area contributed by atoms with Crippen molar-refractivity contribution in [1.82, 2.24) is 0 Å². The molecule has 1 aromatic carbocycles. The zero-order valence-corrected chi connectivity index (χ0v) is 6.77. The molecule has 1 nitrogen and oxygen atoms in total. The van der Waals surface area contributed by atoms with Gasteiger partial charge in [0.05, 0.1) is 6.42 Å². The van der Waals surface area contributed by atoms with Gasteiger partial charge in [0.15, 0.2) is 0 Å². The van der Waals surface area contributed by atoms with Gasteiger partial charge in [-0.1, -0.05) is 0 Å². The van der Waals surface area contributed by atoms with Crippen LogP contribution in [0.4, 0.5) is 13.2 Å². The molecule has 0 saturated heterocycles. The molecule has 1 radical (unpaired) electrons. The van der Waals surface area contributed by atoms with Crippen molar-refractivity contribution in [3.8, 4) is 5.75 Å². The molecule has 0 N–H and O–H groups in total. The summed E-state index contributed by atoms with van der Waals surface area (Å²) in [7, 11) is 0. The number of benzene rings is 1. The van der Waals surface area contributed by atoms with Crippen molar-refractivity contribution in [2.24, 2.45) is 0 Å². The molecule has 0 amide bonds. The van der Waals surface area contributed by atoms with Gasteiger partial charge in [0, 0.05) is 0 Å². The molecule has 4 heteroatoms. The van der Waals surface area contributed by atoms with Gasteiger partial charge >= 0.3 is 6.11 Å². The Morgan fingerprint density at radius 1 is 1.23 bits per heavy atom. The summed E-state index contributed by atoms with van der Waals surface area (Å²) >= 11 is 0. The molecule has 0 heterocycles. The number of halogens is 3. The van der Waals surface area contributed by atoms with E-state index >= 15 is 0 Å². The van der Waals surface area contributed by atoms with Crippen LogP contribution in [0.3, 0.4) is 0 Å². The number of rotatable bonds is 3. The maximum Gasteiger partial charge on any atom is 0.397 e. The minimum Gasteiger partial charge on any atom is -0.433 e. The fourth-order valence-corrected chi connectivity index (χ4v) is 0.726. The first-order valence-corrected chi connectivity index (χ1v) is 3.65. The van der Waals surface area contributed by atoms with Gasteiger partial charge in [-0.25, -0.2) is 4.39 Å². The summed E-state index contributed by atoms with van der Waals surface area (Å²) in [6, 6.07) is 4.38. The second-order valence-electron chi connectivity index (χ2n) is 2.44. The molecule has 13 heavy (non-hydrogen) atoms. The molecule has 0 aliphatic carbocycles. The van der Waals surface area contributed by atoms with Crippen LogP contribution >= 0.6 is 0 Å². The summed E-state index contributed by atoms with van der Waals surface area (Å²) in [6.45, 7) is 3.02. The quantitative estimate of drug-likeness (QED) is 0.710. The van der Waals surface area contributed by atoms with Crippen LogP contribution in [0.25, 0.3) is 0 Å². The van der Waals surface area contributed by atoms with Crippen LogP contribution in [0.15, 0.2) is 24.3 Å². The smallest absolute Gasteiger partial charge is 0.397 e. The van der Waals surface area contributed by atoms with E-state index in [1.807, 2.05) is 0 Å². The molecule has 1 rings (SSSR count). The van der Waals surface area contributed by atoms with E-state index in [1.165, 1.54) is 0 Å². The lowest BCUT2D eigenvalue weighted by atomic mass is 10.3. The monoisotopic (exact) mass is 189 g/mol. The van der Waals surface area contributed by atoms with Gasteiger partial charge in [0.1, 0.15) is 11.6 Å². The fraction of sp³-hybridized carbons (Fsp3) is 0.222. The molecule has 0 aliphatic rings. The predicted octanol–water partition coefficient (Wildman–Crippen LogP) is 3.02. The van der Waals surface area contributed by atoms with Gasteiger partial charge in [0.25, 0.3) is 0 Å². The minimum atomic E-state index is -3.29. The molecule has 0 aliphatic heterocycles. The maximum atomic E-state index is 12.6. The first kappa shape index (κ1) is 9.89. The Labute approximate surface area is 74.1 Å². The molecule has 0 fully saturated rings. The SMILES string of the molecule is [CH2]CC(F)(F)Oc1ccc(F)cc1. The first-order valence-electron chi connectivity index (χ1n) is 3.65. The Hall–Kier alpha value is -1.19. The van der Waals surface area contributed by atoms with E-state index in [2.05, 4.69) is 11.7 Å². The average molecular weight is 189 g/mol. The highest BCUT2D eigenvalue weighted by Gasteiger charge is 2.28. The number of alkyl halides is 2. The normalized spacial score (nSPS) is 11.4. The van der Waals surface area contributed by atoms with Gasteiger partial charge in [-0.2, -0.15) is 8.78 Å². The molecular weight excluding hydrogens is 181 g/mol. The van der Waals surface area contributed by atoms with Gasteiger partial charge in [-0.3, -0.25) is 0 Å². The third kappa shape index (κ3) is 2.97. The fourth-order valence-electron chi connectivity index (χ4n) is 0.726. The van der Waals surface area contributed by atoms with Crippen LogP contribution in [0.5, 0.6) is 5.75 Å². The van der Waals surface area contributed by atoms with E-state index in [4.69, 9.17) is 0 Å². The van der Waals surface area contributed by atoms with E-state index in [0.717, 1.165) is 24.3 Å². The maximum absolute atomic E-state index is 12.6. The van der Waals surface area contributed by atoms with Crippen LogP contribution in [0, 0.1) is 12.7 Å². The van der Waals surface area contributed by atoms with Crippen molar-refractivity contribution in [3.05, 3.63) is 37.0 Å². The standard InChI is InChI=1S/C9H8F3O/c1-2-9(11,12)13-8-5-3-7(10)4-6-8/h3-6H,1-2H2. The van der Waals surface area contributed by atoms with E-state index in [1.54, 1.807) is 0 Å². The average Bonchev–Trinajstić information content (AvgIpc) is 2.09. The van der Waals surface area contributed by atoms with Crippen LogP contribution in [0.2, 0.25) is 0 Å². The zero-order valence-electron chi connectivity index (χ0n) is 6.77. The van der Waals surface area contributed by atoms with Gasteiger partial charge in [0.2, 0.25) is 0 Å². The predicted molar refractivity (Wildman–Crippen MR) is 41.9 cm³/mol. The molecule has 0 saturated carbocycles. The van der Waals surface area contributed by atoms with Crippen LogP contribution in [-0.2, 0) is 0 Å². The van der Waals surface area contributed by atoms with E-state index in [0.29, 0.717) is 0 Å². The summed E-state index contributed by atoms with van der Waals surface area (Å²) in [5.74, 6) is -0.569. The second kappa shape index (κ2) is 3.68. The topological polar surface area (TPSA) is 9.23 Å². The lowest BCUT2D eigenvalue weighted by molar-refractivity contribution is -0.172. The number of hydrogen-bond donors (Lipinski definition) is 0. The third-order valence-corrected chi connectivity index (χ3v) is 1.37. The summed E-state index contributed by atoms with van der Waals surface area (Å²) in [5, 5.41) is 0. The Morgan fingerprint density at radius 2 is 1.77 bits per heavy atom. The Bertz CT molecular complexity index is 269. The van der Waals surface area contributed by atoms with Crippen molar-refractivity contribution in [3.63, 3.8) is 0 Å². The lowest BCUT2D eigenvalue weighted by Gasteiger charge is -2.15. The lowest BCUT2D eigenvalue weighted by Crippen LogP contribution is -2.23. The largest absolute Gasteiger partial charge is 0.433 e. The molecule has 0 atom stereocenters. The number of ether oxygens (including phenoxy) is 1. The summed E-state index contributed by atoms with van der Waals surface area (Å²) in [4.78, 5) is 0.